The third-order valence-corrected chi connectivity index (χ3v) is 3.43. The van der Waals surface area contributed by atoms with Crippen molar-refractivity contribution in [1.82, 2.24) is 0 Å². The van der Waals surface area contributed by atoms with Crippen molar-refractivity contribution in [2.24, 2.45) is 0 Å². The summed E-state index contributed by atoms with van der Waals surface area (Å²) in [6.45, 7) is 2.50. The van der Waals surface area contributed by atoms with Crippen molar-refractivity contribution in [2.45, 2.75) is 20.0 Å². The van der Waals surface area contributed by atoms with E-state index in [1.807, 2.05) is 6.92 Å². The Morgan fingerprint density at radius 2 is 1.57 bits per heavy atom. The number of halogens is 3. The van der Waals surface area contributed by atoms with Crippen LogP contribution in [0.2, 0.25) is 0 Å². The second kappa shape index (κ2) is 7.41. The van der Waals surface area contributed by atoms with Crippen LogP contribution in [0, 0.1) is 11.6 Å². The molecule has 0 saturated carbocycles. The lowest BCUT2D eigenvalue weighted by Gasteiger charge is -2.10. The highest BCUT2D eigenvalue weighted by molar-refractivity contribution is 9.10. The molecule has 0 N–H and O–H groups in total. The molecule has 2 aromatic carbocycles. The maximum absolute atomic E-state index is 13.8. The molecule has 0 aromatic heterocycles. The van der Waals surface area contributed by atoms with Crippen LogP contribution < -0.4 is 9.47 Å². The molecule has 0 aliphatic rings. The zero-order valence-corrected chi connectivity index (χ0v) is 13.1. The van der Waals surface area contributed by atoms with Gasteiger partial charge in [0.05, 0.1) is 16.6 Å². The number of benzene rings is 2. The second-order valence-electron chi connectivity index (χ2n) is 4.43. The molecule has 2 nitrogen and oxygen atoms in total. The summed E-state index contributed by atoms with van der Waals surface area (Å²) < 4.78 is 38.4. The summed E-state index contributed by atoms with van der Waals surface area (Å²) in [7, 11) is 0. The largest absolute Gasteiger partial charge is 0.494 e. The molecule has 0 unspecified atom stereocenters. The van der Waals surface area contributed by atoms with Crippen LogP contribution in [-0.2, 0) is 6.61 Å². The van der Waals surface area contributed by atoms with Crippen LogP contribution in [0.3, 0.4) is 0 Å². The van der Waals surface area contributed by atoms with Gasteiger partial charge in [0.1, 0.15) is 29.7 Å². The lowest BCUT2D eigenvalue weighted by molar-refractivity contribution is 0.289. The maximum Gasteiger partial charge on any atom is 0.146 e. The van der Waals surface area contributed by atoms with Crippen LogP contribution >= 0.6 is 15.9 Å². The van der Waals surface area contributed by atoms with Crippen LogP contribution in [0.4, 0.5) is 8.78 Å². The Balaban J connectivity index is 2.02. The van der Waals surface area contributed by atoms with Gasteiger partial charge in [0.2, 0.25) is 0 Å². The van der Waals surface area contributed by atoms with Crippen molar-refractivity contribution >= 4 is 15.9 Å². The molecular weight excluding hydrogens is 342 g/mol. The molecule has 2 rings (SSSR count). The predicted octanol–water partition coefficient (Wildman–Crippen LogP) is 5.10. The molecule has 0 aliphatic heterocycles. The Morgan fingerprint density at radius 1 is 0.952 bits per heavy atom. The van der Waals surface area contributed by atoms with Gasteiger partial charge in [0, 0.05) is 0 Å². The third-order valence-electron chi connectivity index (χ3n) is 2.82. The topological polar surface area (TPSA) is 18.5 Å². The smallest absolute Gasteiger partial charge is 0.146 e. The highest BCUT2D eigenvalue weighted by atomic mass is 79.9. The van der Waals surface area contributed by atoms with Gasteiger partial charge in [-0.25, -0.2) is 8.78 Å². The van der Waals surface area contributed by atoms with Crippen molar-refractivity contribution in [1.29, 1.82) is 0 Å². The summed E-state index contributed by atoms with van der Waals surface area (Å²) in [6, 6.07) is 9.47. The summed E-state index contributed by atoms with van der Waals surface area (Å²) in [5.41, 5.74) is -0.101. The highest BCUT2D eigenvalue weighted by Crippen LogP contribution is 2.24. The first kappa shape index (κ1) is 15.8. The maximum atomic E-state index is 13.8. The normalized spacial score (nSPS) is 10.5. The summed E-state index contributed by atoms with van der Waals surface area (Å²) >= 11 is 3.03. The SMILES string of the molecule is CCCOc1ccc(OCc2c(F)ccc(Br)c2F)cc1. The molecule has 0 saturated heterocycles. The van der Waals surface area contributed by atoms with E-state index in [-0.39, 0.29) is 16.6 Å². The average molecular weight is 357 g/mol. The number of rotatable bonds is 6. The average Bonchev–Trinajstić information content (AvgIpc) is 2.50. The van der Waals surface area contributed by atoms with E-state index >= 15 is 0 Å². The van der Waals surface area contributed by atoms with Gasteiger partial charge >= 0.3 is 0 Å². The van der Waals surface area contributed by atoms with Crippen LogP contribution in [0.15, 0.2) is 40.9 Å². The lowest BCUT2D eigenvalue weighted by atomic mass is 10.2. The Bertz CT molecular complexity index is 600. The molecular formula is C16H15BrF2O2. The molecule has 0 radical (unpaired) electrons. The molecule has 112 valence electrons. The van der Waals surface area contributed by atoms with Gasteiger partial charge < -0.3 is 9.47 Å². The van der Waals surface area contributed by atoms with Crippen molar-refractivity contribution in [3.63, 3.8) is 0 Å². The van der Waals surface area contributed by atoms with E-state index in [0.29, 0.717) is 12.4 Å². The molecule has 0 spiro atoms. The fourth-order valence-electron chi connectivity index (χ4n) is 1.71. The fraction of sp³-hybridized carbons (Fsp3) is 0.250. The molecule has 0 bridgehead atoms. The third kappa shape index (κ3) is 4.17. The van der Waals surface area contributed by atoms with Crippen molar-refractivity contribution in [2.75, 3.05) is 6.61 Å². The second-order valence-corrected chi connectivity index (χ2v) is 5.28. The molecule has 0 heterocycles. The first-order chi connectivity index (χ1) is 10.1. The standard InChI is InChI=1S/C16H15BrF2O2/c1-2-9-20-11-3-5-12(6-4-11)21-10-13-15(18)8-7-14(17)16(13)19/h3-8H,2,9-10H2,1H3. The Labute approximate surface area is 130 Å². The number of hydrogen-bond donors (Lipinski definition) is 0. The Morgan fingerprint density at radius 3 is 2.19 bits per heavy atom. The predicted molar refractivity (Wildman–Crippen MR) is 80.6 cm³/mol. The van der Waals surface area contributed by atoms with Gasteiger partial charge in [-0.3, -0.25) is 0 Å². The first-order valence-corrected chi connectivity index (χ1v) is 7.39. The minimum atomic E-state index is -0.641. The molecule has 0 fully saturated rings. The zero-order chi connectivity index (χ0) is 15.2. The number of hydrogen-bond acceptors (Lipinski definition) is 2. The molecule has 0 aliphatic carbocycles. The van der Waals surface area contributed by atoms with E-state index in [9.17, 15) is 8.78 Å². The minimum Gasteiger partial charge on any atom is -0.494 e. The molecule has 5 heteroatoms. The zero-order valence-electron chi connectivity index (χ0n) is 11.5. The van der Waals surface area contributed by atoms with Crippen LogP contribution in [0.25, 0.3) is 0 Å². The van der Waals surface area contributed by atoms with Crippen molar-refractivity contribution in [3.8, 4) is 11.5 Å². The summed E-state index contributed by atoms with van der Waals surface area (Å²) in [4.78, 5) is 0. The van der Waals surface area contributed by atoms with Gasteiger partial charge in [0.25, 0.3) is 0 Å². The monoisotopic (exact) mass is 356 g/mol. The van der Waals surface area contributed by atoms with Gasteiger partial charge in [-0.15, -0.1) is 0 Å². The molecule has 2 aromatic rings. The minimum absolute atomic E-state index is 0.101. The van der Waals surface area contributed by atoms with Crippen molar-refractivity contribution < 1.29 is 18.3 Å². The van der Waals surface area contributed by atoms with Crippen molar-refractivity contribution in [3.05, 3.63) is 58.1 Å². The van der Waals surface area contributed by atoms with Gasteiger partial charge in [-0.2, -0.15) is 0 Å². The quantitative estimate of drug-likeness (QED) is 0.670. The summed E-state index contributed by atoms with van der Waals surface area (Å²) in [5.74, 6) is -0.00172. The first-order valence-electron chi connectivity index (χ1n) is 6.60. The molecule has 21 heavy (non-hydrogen) atoms. The highest BCUT2D eigenvalue weighted by Gasteiger charge is 2.12. The van der Waals surface area contributed by atoms with Gasteiger partial charge in [-0.05, 0) is 58.7 Å². The van der Waals surface area contributed by atoms with E-state index in [4.69, 9.17) is 9.47 Å². The van der Waals surface area contributed by atoms with Crippen LogP contribution in [0.5, 0.6) is 11.5 Å². The molecule has 0 amide bonds. The number of ether oxygens (including phenoxy) is 2. The van der Waals surface area contributed by atoms with Crippen LogP contribution in [0.1, 0.15) is 18.9 Å². The summed E-state index contributed by atoms with van der Waals surface area (Å²) in [5, 5.41) is 0. The van der Waals surface area contributed by atoms with E-state index < -0.39 is 11.6 Å². The summed E-state index contributed by atoms with van der Waals surface area (Å²) in [6.07, 6.45) is 0.930. The van der Waals surface area contributed by atoms with E-state index in [1.165, 1.54) is 12.1 Å². The fourth-order valence-corrected chi connectivity index (χ4v) is 2.08. The van der Waals surface area contributed by atoms with E-state index in [2.05, 4.69) is 15.9 Å². The lowest BCUT2D eigenvalue weighted by Crippen LogP contribution is -2.02. The Kier molecular flexibility index (Phi) is 5.56. The van der Waals surface area contributed by atoms with Crippen LogP contribution in [-0.4, -0.2) is 6.61 Å². The molecule has 0 atom stereocenters. The van der Waals surface area contributed by atoms with E-state index in [0.717, 1.165) is 12.2 Å². The van der Waals surface area contributed by atoms with E-state index in [1.54, 1.807) is 24.3 Å². The van der Waals surface area contributed by atoms with Gasteiger partial charge in [0.15, 0.2) is 0 Å². The Hall–Kier alpha value is -1.62. The van der Waals surface area contributed by atoms with Gasteiger partial charge in [-0.1, -0.05) is 6.92 Å².